The van der Waals surface area contributed by atoms with Crippen LogP contribution in [0.2, 0.25) is 0 Å². The number of carbonyl (C=O) groups is 1. The molecular weight excluding hydrogens is 248 g/mol. The summed E-state index contributed by atoms with van der Waals surface area (Å²) in [5.74, 6) is 0.947. The van der Waals surface area contributed by atoms with Crippen molar-refractivity contribution >= 4 is 5.97 Å². The van der Waals surface area contributed by atoms with Gasteiger partial charge in [0.25, 0.3) is 0 Å². The second-order valence-electron chi connectivity index (χ2n) is 3.60. The van der Waals surface area contributed by atoms with Crippen molar-refractivity contribution in [3.63, 3.8) is 0 Å². The molecule has 5 heteroatoms. The lowest BCUT2D eigenvalue weighted by atomic mass is 10.2. The summed E-state index contributed by atoms with van der Waals surface area (Å²) in [7, 11) is 3.08. The highest BCUT2D eigenvalue weighted by Gasteiger charge is 2.14. The summed E-state index contributed by atoms with van der Waals surface area (Å²) in [5, 5.41) is 0. The highest BCUT2D eigenvalue weighted by Crippen LogP contribution is 2.36. The molecule has 0 aliphatic heterocycles. The average Bonchev–Trinajstić information content (AvgIpc) is 2.39. The number of hydrogen-bond donors (Lipinski definition) is 0. The van der Waals surface area contributed by atoms with Crippen molar-refractivity contribution in [1.29, 1.82) is 0 Å². The molecular formula is C14H18O5. The number of carbonyl (C=O) groups excluding carboxylic acids is 1. The average molecular weight is 266 g/mol. The third kappa shape index (κ3) is 3.91. The van der Waals surface area contributed by atoms with Gasteiger partial charge in [-0.3, -0.25) is 0 Å². The highest BCUT2D eigenvalue weighted by molar-refractivity contribution is 5.84. The number of hydrogen-bond acceptors (Lipinski definition) is 5. The van der Waals surface area contributed by atoms with Crippen molar-refractivity contribution in [1.82, 2.24) is 0 Å². The van der Waals surface area contributed by atoms with Gasteiger partial charge in [-0.05, 0) is 26.0 Å². The van der Waals surface area contributed by atoms with E-state index in [1.54, 1.807) is 19.2 Å². The third-order valence-electron chi connectivity index (χ3n) is 2.42. The Morgan fingerprint density at radius 3 is 2.47 bits per heavy atom. The minimum atomic E-state index is -0.531. The van der Waals surface area contributed by atoms with Crippen LogP contribution in [0.5, 0.6) is 17.2 Å². The maximum atomic E-state index is 11.5. The molecule has 0 spiro atoms. The molecule has 0 radical (unpaired) electrons. The van der Waals surface area contributed by atoms with Crippen LogP contribution in [-0.2, 0) is 9.53 Å². The first kappa shape index (κ1) is 14.9. The molecule has 0 fully saturated rings. The maximum absolute atomic E-state index is 11.5. The monoisotopic (exact) mass is 266 g/mol. The van der Waals surface area contributed by atoms with E-state index in [9.17, 15) is 4.79 Å². The minimum Gasteiger partial charge on any atom is -0.501 e. The predicted molar refractivity (Wildman–Crippen MR) is 70.7 cm³/mol. The van der Waals surface area contributed by atoms with E-state index in [0.29, 0.717) is 23.9 Å². The SMILES string of the molecule is CCO/C=C/C(=O)Oc1ccc(OC)c(C)c1OC. The minimum absolute atomic E-state index is 0.340. The van der Waals surface area contributed by atoms with Gasteiger partial charge in [0.1, 0.15) is 5.75 Å². The second kappa shape index (κ2) is 7.31. The van der Waals surface area contributed by atoms with E-state index in [4.69, 9.17) is 18.9 Å². The van der Waals surface area contributed by atoms with Crippen LogP contribution in [0.15, 0.2) is 24.5 Å². The zero-order valence-corrected chi connectivity index (χ0v) is 11.6. The van der Waals surface area contributed by atoms with E-state index in [0.717, 1.165) is 5.56 Å². The first-order valence-electron chi connectivity index (χ1n) is 5.85. The summed E-state index contributed by atoms with van der Waals surface area (Å²) >= 11 is 0. The predicted octanol–water partition coefficient (Wildman–Crippen LogP) is 2.47. The zero-order chi connectivity index (χ0) is 14.3. The Kier molecular flexibility index (Phi) is 5.73. The van der Waals surface area contributed by atoms with E-state index < -0.39 is 5.97 Å². The van der Waals surface area contributed by atoms with Gasteiger partial charge in [0.2, 0.25) is 0 Å². The first-order valence-corrected chi connectivity index (χ1v) is 5.85. The van der Waals surface area contributed by atoms with Gasteiger partial charge >= 0.3 is 5.97 Å². The van der Waals surface area contributed by atoms with Crippen molar-refractivity contribution in [2.45, 2.75) is 13.8 Å². The lowest BCUT2D eigenvalue weighted by Crippen LogP contribution is -2.06. The molecule has 1 rings (SSSR count). The molecule has 104 valence electrons. The number of benzene rings is 1. The van der Waals surface area contributed by atoms with Crippen LogP contribution in [0.4, 0.5) is 0 Å². The molecule has 0 heterocycles. The van der Waals surface area contributed by atoms with Gasteiger partial charge in [-0.2, -0.15) is 0 Å². The molecule has 1 aromatic rings. The quantitative estimate of drug-likeness (QED) is 0.342. The smallest absolute Gasteiger partial charge is 0.339 e. The van der Waals surface area contributed by atoms with Crippen LogP contribution < -0.4 is 14.2 Å². The lowest BCUT2D eigenvalue weighted by molar-refractivity contribution is -0.129. The summed E-state index contributed by atoms with van der Waals surface area (Å²) in [5.41, 5.74) is 0.768. The van der Waals surface area contributed by atoms with Gasteiger partial charge in [-0.1, -0.05) is 0 Å². The molecule has 0 unspecified atom stereocenters. The fourth-order valence-corrected chi connectivity index (χ4v) is 1.55. The Morgan fingerprint density at radius 1 is 1.21 bits per heavy atom. The number of rotatable bonds is 6. The van der Waals surface area contributed by atoms with Crippen LogP contribution >= 0.6 is 0 Å². The van der Waals surface area contributed by atoms with Gasteiger partial charge in [0.15, 0.2) is 11.5 Å². The third-order valence-corrected chi connectivity index (χ3v) is 2.42. The number of methoxy groups -OCH3 is 2. The molecule has 0 aromatic heterocycles. The standard InChI is InChI=1S/C14H18O5/c1-5-18-9-8-13(15)19-12-7-6-11(16-3)10(2)14(12)17-4/h6-9H,5H2,1-4H3/b9-8+. The Bertz CT molecular complexity index is 465. The fourth-order valence-electron chi connectivity index (χ4n) is 1.55. The van der Waals surface area contributed by atoms with Crippen LogP contribution in [0.3, 0.4) is 0 Å². The molecule has 0 saturated heterocycles. The molecule has 19 heavy (non-hydrogen) atoms. The Hall–Kier alpha value is -2.17. The molecule has 0 aliphatic rings. The number of esters is 1. The van der Waals surface area contributed by atoms with Crippen molar-refractivity contribution in [2.24, 2.45) is 0 Å². The lowest BCUT2D eigenvalue weighted by Gasteiger charge is -2.13. The zero-order valence-electron chi connectivity index (χ0n) is 11.6. The van der Waals surface area contributed by atoms with Crippen molar-refractivity contribution in [3.05, 3.63) is 30.0 Å². The van der Waals surface area contributed by atoms with Gasteiger partial charge in [-0.15, -0.1) is 0 Å². The topological polar surface area (TPSA) is 54.0 Å². The van der Waals surface area contributed by atoms with E-state index >= 15 is 0 Å². The first-order chi connectivity index (χ1) is 9.13. The molecule has 0 saturated carbocycles. The summed E-state index contributed by atoms with van der Waals surface area (Å²) in [6.45, 7) is 4.14. The van der Waals surface area contributed by atoms with E-state index in [-0.39, 0.29) is 0 Å². The van der Waals surface area contributed by atoms with E-state index in [2.05, 4.69) is 0 Å². The van der Waals surface area contributed by atoms with E-state index in [1.165, 1.54) is 19.4 Å². The van der Waals surface area contributed by atoms with Crippen LogP contribution in [-0.4, -0.2) is 26.8 Å². The summed E-state index contributed by atoms with van der Waals surface area (Å²) in [4.78, 5) is 11.5. The highest BCUT2D eigenvalue weighted by atomic mass is 16.6. The van der Waals surface area contributed by atoms with Crippen LogP contribution in [0.1, 0.15) is 12.5 Å². The molecule has 5 nitrogen and oxygen atoms in total. The summed E-state index contributed by atoms with van der Waals surface area (Å²) in [6, 6.07) is 3.34. The Morgan fingerprint density at radius 2 is 1.89 bits per heavy atom. The van der Waals surface area contributed by atoms with Gasteiger partial charge < -0.3 is 18.9 Å². The molecule has 0 amide bonds. The van der Waals surface area contributed by atoms with E-state index in [1.807, 2.05) is 13.8 Å². The Balaban J connectivity index is 2.89. The summed E-state index contributed by atoms with van der Waals surface area (Å²) in [6.07, 6.45) is 2.51. The normalized spacial score (nSPS) is 10.3. The van der Waals surface area contributed by atoms with Crippen molar-refractivity contribution in [3.8, 4) is 17.2 Å². The Labute approximate surface area is 112 Å². The largest absolute Gasteiger partial charge is 0.501 e. The fraction of sp³-hybridized carbons (Fsp3) is 0.357. The van der Waals surface area contributed by atoms with Crippen LogP contribution in [0.25, 0.3) is 0 Å². The second-order valence-corrected chi connectivity index (χ2v) is 3.60. The van der Waals surface area contributed by atoms with Crippen molar-refractivity contribution in [2.75, 3.05) is 20.8 Å². The molecule has 0 bridgehead atoms. The molecule has 0 N–H and O–H groups in total. The maximum Gasteiger partial charge on any atom is 0.339 e. The number of ether oxygens (including phenoxy) is 4. The summed E-state index contributed by atoms with van der Waals surface area (Å²) < 4.78 is 20.5. The molecule has 0 atom stereocenters. The van der Waals surface area contributed by atoms with Gasteiger partial charge in [0, 0.05) is 5.56 Å². The molecule has 0 aliphatic carbocycles. The molecule has 1 aromatic carbocycles. The van der Waals surface area contributed by atoms with Gasteiger partial charge in [0.05, 0.1) is 33.2 Å². The van der Waals surface area contributed by atoms with Crippen molar-refractivity contribution < 1.29 is 23.7 Å². The van der Waals surface area contributed by atoms with Crippen LogP contribution in [0, 0.1) is 6.92 Å². The van der Waals surface area contributed by atoms with Gasteiger partial charge in [-0.25, -0.2) is 4.79 Å².